The second-order valence-corrected chi connectivity index (χ2v) is 6.96. The van der Waals surface area contributed by atoms with Crippen molar-refractivity contribution in [3.05, 3.63) is 64.2 Å². The molecule has 0 aliphatic heterocycles. The van der Waals surface area contributed by atoms with Gasteiger partial charge in [0.15, 0.2) is 0 Å². The number of esters is 1. The molecule has 0 spiro atoms. The summed E-state index contributed by atoms with van der Waals surface area (Å²) in [5.74, 6) is 0.119. The summed E-state index contributed by atoms with van der Waals surface area (Å²) in [6.07, 6.45) is 1.58. The first-order chi connectivity index (χ1) is 13.1. The maximum Gasteiger partial charge on any atom is 0.328 e. The van der Waals surface area contributed by atoms with Gasteiger partial charge in [-0.15, -0.1) is 11.3 Å². The van der Waals surface area contributed by atoms with Crippen molar-refractivity contribution in [1.82, 2.24) is 14.1 Å². The van der Waals surface area contributed by atoms with Gasteiger partial charge in [0.2, 0.25) is 5.89 Å². The summed E-state index contributed by atoms with van der Waals surface area (Å²) >= 11 is 1.53. The summed E-state index contributed by atoms with van der Waals surface area (Å²) in [7, 11) is 1.72. The number of hydrogen-bond acceptors (Lipinski definition) is 6. The van der Waals surface area contributed by atoms with Gasteiger partial charge in [-0.25, -0.2) is 9.78 Å². The van der Waals surface area contributed by atoms with Crippen molar-refractivity contribution in [2.45, 2.75) is 19.6 Å². The van der Waals surface area contributed by atoms with Gasteiger partial charge in [-0.1, -0.05) is 18.2 Å². The number of oxazole rings is 1. The molecule has 8 heteroatoms. The van der Waals surface area contributed by atoms with Crippen LogP contribution in [0.5, 0.6) is 0 Å². The molecule has 0 radical (unpaired) electrons. The van der Waals surface area contributed by atoms with Crippen molar-refractivity contribution in [3.8, 4) is 10.8 Å². The lowest BCUT2D eigenvalue weighted by atomic mass is 10.3. The zero-order valence-corrected chi connectivity index (χ0v) is 15.4. The number of imidazole rings is 1. The molecule has 0 saturated heterocycles. The van der Waals surface area contributed by atoms with Crippen LogP contribution < -0.4 is 5.69 Å². The highest BCUT2D eigenvalue weighted by atomic mass is 32.1. The lowest BCUT2D eigenvalue weighted by Crippen LogP contribution is -2.23. The molecule has 7 nitrogen and oxygen atoms in total. The third kappa shape index (κ3) is 3.43. The van der Waals surface area contributed by atoms with Crippen molar-refractivity contribution in [1.29, 1.82) is 0 Å². The number of thiophene rings is 1. The third-order valence-corrected chi connectivity index (χ3v) is 5.11. The number of benzene rings is 1. The molecule has 0 atom stereocenters. The summed E-state index contributed by atoms with van der Waals surface area (Å²) in [6.45, 7) is 0.302. The molecule has 1 aromatic carbocycles. The van der Waals surface area contributed by atoms with Gasteiger partial charge in [0, 0.05) is 13.6 Å². The second kappa shape index (κ2) is 7.24. The molecule has 3 aromatic heterocycles. The zero-order valence-electron chi connectivity index (χ0n) is 14.6. The van der Waals surface area contributed by atoms with E-state index >= 15 is 0 Å². The average Bonchev–Trinajstić information content (AvgIpc) is 3.41. The molecule has 4 rings (SSSR count). The number of fused-ring (bicyclic) bond motifs is 1. The Morgan fingerprint density at radius 2 is 2.04 bits per heavy atom. The van der Waals surface area contributed by atoms with Crippen LogP contribution in [0.25, 0.3) is 21.8 Å². The first-order valence-electron chi connectivity index (χ1n) is 8.41. The minimum atomic E-state index is -0.393. The summed E-state index contributed by atoms with van der Waals surface area (Å²) in [4.78, 5) is 29.7. The SMILES string of the molecule is Cn1c(=O)n(CCC(=O)OCc2coc(-c3cccs3)n2)c2ccccc21. The van der Waals surface area contributed by atoms with Gasteiger partial charge >= 0.3 is 11.7 Å². The number of ether oxygens (including phenoxy) is 1. The predicted octanol–water partition coefficient (Wildman–Crippen LogP) is 3.19. The van der Waals surface area contributed by atoms with Crippen LogP contribution in [0.1, 0.15) is 12.1 Å². The first kappa shape index (κ1) is 17.3. The van der Waals surface area contributed by atoms with Crippen LogP contribution in [0.4, 0.5) is 0 Å². The van der Waals surface area contributed by atoms with Crippen molar-refractivity contribution in [3.63, 3.8) is 0 Å². The Kier molecular flexibility index (Phi) is 4.64. The van der Waals surface area contributed by atoms with Gasteiger partial charge < -0.3 is 9.15 Å². The summed E-state index contributed by atoms with van der Waals surface area (Å²) in [5.41, 5.74) is 2.03. The minimum absolute atomic E-state index is 0.0398. The Morgan fingerprint density at radius 3 is 2.81 bits per heavy atom. The van der Waals surface area contributed by atoms with E-state index in [1.54, 1.807) is 16.2 Å². The van der Waals surface area contributed by atoms with E-state index in [-0.39, 0.29) is 25.3 Å². The van der Waals surface area contributed by atoms with Gasteiger partial charge in [0.05, 0.1) is 22.3 Å². The lowest BCUT2D eigenvalue weighted by molar-refractivity contribution is -0.145. The molecule has 0 aliphatic carbocycles. The Hall–Kier alpha value is -3.13. The number of carbonyl (C=O) groups excluding carboxylic acids is 1. The fraction of sp³-hybridized carbons (Fsp3) is 0.211. The number of para-hydroxylation sites is 2. The normalized spacial score (nSPS) is 11.1. The van der Waals surface area contributed by atoms with Gasteiger partial charge in [0.1, 0.15) is 18.6 Å². The van der Waals surface area contributed by atoms with Gasteiger partial charge in [-0.3, -0.25) is 13.9 Å². The molecule has 0 fully saturated rings. The van der Waals surface area contributed by atoms with Crippen LogP contribution in [-0.4, -0.2) is 20.1 Å². The van der Waals surface area contributed by atoms with E-state index in [9.17, 15) is 9.59 Å². The molecule has 3 heterocycles. The standard InChI is InChI=1S/C19H17N3O4S/c1-21-14-5-2-3-6-15(14)22(19(21)24)9-8-17(23)25-11-13-12-26-18(20-13)16-7-4-10-27-16/h2-7,10,12H,8-9,11H2,1H3. The van der Waals surface area contributed by atoms with E-state index in [0.29, 0.717) is 11.6 Å². The van der Waals surface area contributed by atoms with Crippen LogP contribution in [0.3, 0.4) is 0 Å². The number of rotatable bonds is 6. The number of hydrogen-bond donors (Lipinski definition) is 0. The molecule has 0 unspecified atom stereocenters. The molecule has 27 heavy (non-hydrogen) atoms. The largest absolute Gasteiger partial charge is 0.459 e. The van der Waals surface area contributed by atoms with Crippen molar-refractivity contribution < 1.29 is 13.9 Å². The van der Waals surface area contributed by atoms with Crippen molar-refractivity contribution in [2.24, 2.45) is 7.05 Å². The molecule has 0 N–H and O–H groups in total. The highest BCUT2D eigenvalue weighted by molar-refractivity contribution is 7.13. The summed E-state index contributed by atoms with van der Waals surface area (Å²) < 4.78 is 13.8. The highest BCUT2D eigenvalue weighted by Gasteiger charge is 2.13. The van der Waals surface area contributed by atoms with Gasteiger partial charge in [-0.05, 0) is 23.6 Å². The molecule has 0 amide bonds. The second-order valence-electron chi connectivity index (χ2n) is 6.01. The topological polar surface area (TPSA) is 79.3 Å². The van der Waals surface area contributed by atoms with Gasteiger partial charge in [-0.2, -0.15) is 0 Å². The van der Waals surface area contributed by atoms with E-state index < -0.39 is 5.97 Å². The molecular formula is C19H17N3O4S. The third-order valence-electron chi connectivity index (χ3n) is 4.26. The highest BCUT2D eigenvalue weighted by Crippen LogP contribution is 2.23. The number of nitrogens with zero attached hydrogens (tertiary/aromatic N) is 3. The monoisotopic (exact) mass is 383 g/mol. The molecule has 4 aromatic rings. The lowest BCUT2D eigenvalue weighted by Gasteiger charge is -2.04. The van der Waals surface area contributed by atoms with E-state index in [0.717, 1.165) is 15.9 Å². The summed E-state index contributed by atoms with van der Waals surface area (Å²) in [5, 5.41) is 1.94. The maximum atomic E-state index is 12.3. The van der Waals surface area contributed by atoms with Crippen LogP contribution in [0.15, 0.2) is 57.3 Å². The van der Waals surface area contributed by atoms with Crippen molar-refractivity contribution >= 4 is 28.3 Å². The summed E-state index contributed by atoms with van der Waals surface area (Å²) in [6, 6.07) is 11.3. The molecule has 0 aliphatic rings. The van der Waals surface area contributed by atoms with Crippen LogP contribution in [0.2, 0.25) is 0 Å². The predicted molar refractivity (Wildman–Crippen MR) is 101 cm³/mol. The van der Waals surface area contributed by atoms with Crippen LogP contribution in [-0.2, 0) is 29.7 Å². The van der Waals surface area contributed by atoms with Gasteiger partial charge in [0.25, 0.3) is 0 Å². The smallest absolute Gasteiger partial charge is 0.328 e. The Labute approximate surface area is 158 Å². The molecule has 138 valence electrons. The van der Waals surface area contributed by atoms with Crippen molar-refractivity contribution in [2.75, 3.05) is 0 Å². The quantitative estimate of drug-likeness (QED) is 0.478. The Balaban J connectivity index is 1.37. The Morgan fingerprint density at radius 1 is 1.22 bits per heavy atom. The van der Waals surface area contributed by atoms with E-state index in [1.165, 1.54) is 17.6 Å². The molecule has 0 bridgehead atoms. The first-order valence-corrected chi connectivity index (χ1v) is 9.29. The average molecular weight is 383 g/mol. The minimum Gasteiger partial charge on any atom is -0.459 e. The van der Waals surface area contributed by atoms with Crippen LogP contribution in [0, 0.1) is 0 Å². The maximum absolute atomic E-state index is 12.3. The number of aryl methyl sites for hydroxylation is 2. The number of carbonyl (C=O) groups is 1. The zero-order chi connectivity index (χ0) is 18.8. The van der Waals surface area contributed by atoms with E-state index in [2.05, 4.69) is 4.98 Å². The van der Waals surface area contributed by atoms with E-state index in [1.807, 2.05) is 41.8 Å². The molecule has 0 saturated carbocycles. The van der Waals surface area contributed by atoms with E-state index in [4.69, 9.17) is 9.15 Å². The molecular weight excluding hydrogens is 366 g/mol. The fourth-order valence-corrected chi connectivity index (χ4v) is 3.55. The number of aromatic nitrogens is 3. The fourth-order valence-electron chi connectivity index (χ4n) is 2.90. The Bertz CT molecular complexity index is 1140. The van der Waals surface area contributed by atoms with Crippen LogP contribution >= 0.6 is 11.3 Å².